The van der Waals surface area contributed by atoms with Crippen molar-refractivity contribution in [2.45, 2.75) is 19.4 Å². The Bertz CT molecular complexity index is 299. The smallest absolute Gasteiger partial charge is 0.127 e. The fourth-order valence-corrected chi connectivity index (χ4v) is 1.60. The molecule has 0 radical (unpaired) electrons. The van der Waals surface area contributed by atoms with Gasteiger partial charge in [-0.1, -0.05) is 18.2 Å². The molecule has 1 heterocycles. The second kappa shape index (κ2) is 3.99. The zero-order valence-corrected chi connectivity index (χ0v) is 8.43. The highest BCUT2D eigenvalue weighted by atomic mass is 35.5. The summed E-state index contributed by atoms with van der Waals surface area (Å²) in [5.41, 5.74) is 8.23. The van der Waals surface area contributed by atoms with Crippen LogP contribution in [0.15, 0.2) is 18.2 Å². The molecular formula is C10H14ClNO. The standard InChI is InChI=1S/C10H13NO.ClH/c1-7(11)9-4-2-3-8-5-6-12-10(8)9;/h2-4,7H,5-6,11H2,1H3;1H. The summed E-state index contributed by atoms with van der Waals surface area (Å²) in [5.74, 6) is 1.02. The van der Waals surface area contributed by atoms with Gasteiger partial charge in [-0.3, -0.25) is 0 Å². The van der Waals surface area contributed by atoms with E-state index in [1.165, 1.54) is 5.56 Å². The Kier molecular flexibility index (Phi) is 3.17. The van der Waals surface area contributed by atoms with Gasteiger partial charge < -0.3 is 10.5 Å². The van der Waals surface area contributed by atoms with Gasteiger partial charge in [-0.2, -0.15) is 0 Å². The summed E-state index contributed by atoms with van der Waals surface area (Å²) >= 11 is 0. The number of hydrogen-bond acceptors (Lipinski definition) is 2. The Morgan fingerprint density at radius 1 is 1.46 bits per heavy atom. The van der Waals surface area contributed by atoms with Crippen molar-refractivity contribution in [3.63, 3.8) is 0 Å². The number of para-hydroxylation sites is 1. The van der Waals surface area contributed by atoms with Crippen molar-refractivity contribution in [2.75, 3.05) is 6.61 Å². The second-order valence-electron chi connectivity index (χ2n) is 3.22. The molecule has 0 saturated carbocycles. The third-order valence-electron chi connectivity index (χ3n) is 2.24. The maximum atomic E-state index is 5.81. The number of hydrogen-bond donors (Lipinski definition) is 1. The van der Waals surface area contributed by atoms with E-state index in [2.05, 4.69) is 6.07 Å². The molecule has 13 heavy (non-hydrogen) atoms. The summed E-state index contributed by atoms with van der Waals surface area (Å²) in [6, 6.07) is 6.26. The van der Waals surface area contributed by atoms with Crippen molar-refractivity contribution >= 4 is 12.4 Å². The number of nitrogens with two attached hydrogens (primary N) is 1. The first kappa shape index (κ1) is 10.4. The van der Waals surface area contributed by atoms with Crippen LogP contribution in [0.25, 0.3) is 0 Å². The normalized spacial score (nSPS) is 15.5. The van der Waals surface area contributed by atoms with Gasteiger partial charge >= 0.3 is 0 Å². The molecule has 2 rings (SSSR count). The molecular weight excluding hydrogens is 186 g/mol. The molecule has 0 spiro atoms. The van der Waals surface area contributed by atoms with Gasteiger partial charge in [0.05, 0.1) is 6.61 Å². The molecule has 1 aliphatic rings. The first-order valence-corrected chi connectivity index (χ1v) is 4.29. The molecule has 3 heteroatoms. The van der Waals surface area contributed by atoms with E-state index in [0.29, 0.717) is 0 Å². The molecule has 2 N–H and O–H groups in total. The molecule has 1 atom stereocenters. The number of fused-ring (bicyclic) bond motifs is 1. The van der Waals surface area contributed by atoms with Gasteiger partial charge in [0.25, 0.3) is 0 Å². The van der Waals surface area contributed by atoms with Gasteiger partial charge in [0.15, 0.2) is 0 Å². The van der Waals surface area contributed by atoms with Gasteiger partial charge in [0, 0.05) is 18.0 Å². The lowest BCUT2D eigenvalue weighted by atomic mass is 10.0. The molecule has 0 fully saturated rings. The van der Waals surface area contributed by atoms with Gasteiger partial charge in [0.2, 0.25) is 0 Å². The van der Waals surface area contributed by atoms with E-state index >= 15 is 0 Å². The number of ether oxygens (including phenoxy) is 1. The molecule has 0 saturated heterocycles. The minimum atomic E-state index is 0. The van der Waals surface area contributed by atoms with Crippen LogP contribution in [0.4, 0.5) is 0 Å². The topological polar surface area (TPSA) is 35.2 Å². The summed E-state index contributed by atoms with van der Waals surface area (Å²) in [5, 5.41) is 0. The van der Waals surface area contributed by atoms with Crippen molar-refractivity contribution in [3.8, 4) is 5.75 Å². The Balaban J connectivity index is 0.000000845. The quantitative estimate of drug-likeness (QED) is 0.752. The van der Waals surface area contributed by atoms with Crippen LogP contribution in [0.2, 0.25) is 0 Å². The van der Waals surface area contributed by atoms with E-state index in [-0.39, 0.29) is 18.4 Å². The largest absolute Gasteiger partial charge is 0.493 e. The molecule has 1 aliphatic heterocycles. The van der Waals surface area contributed by atoms with Crippen molar-refractivity contribution in [3.05, 3.63) is 29.3 Å². The summed E-state index contributed by atoms with van der Waals surface area (Å²) in [6.07, 6.45) is 1.02. The van der Waals surface area contributed by atoms with Gasteiger partial charge in [-0.05, 0) is 12.5 Å². The summed E-state index contributed by atoms with van der Waals surface area (Å²) < 4.78 is 5.51. The van der Waals surface area contributed by atoms with E-state index in [0.717, 1.165) is 24.3 Å². The number of halogens is 1. The molecule has 2 nitrogen and oxygen atoms in total. The SMILES string of the molecule is CC(N)c1cccc2c1OCC2.Cl. The minimum absolute atomic E-state index is 0. The average Bonchev–Trinajstić information content (AvgIpc) is 2.49. The predicted octanol–water partition coefficient (Wildman–Crippen LogP) is 2.06. The molecule has 0 amide bonds. The fraction of sp³-hybridized carbons (Fsp3) is 0.400. The zero-order chi connectivity index (χ0) is 8.55. The van der Waals surface area contributed by atoms with Crippen LogP contribution in [0, 0.1) is 0 Å². The van der Waals surface area contributed by atoms with Crippen molar-refractivity contribution in [2.24, 2.45) is 5.73 Å². The van der Waals surface area contributed by atoms with E-state index in [1.54, 1.807) is 0 Å². The number of rotatable bonds is 1. The summed E-state index contributed by atoms with van der Waals surface area (Å²) in [4.78, 5) is 0. The van der Waals surface area contributed by atoms with Crippen molar-refractivity contribution in [1.29, 1.82) is 0 Å². The van der Waals surface area contributed by atoms with Crippen LogP contribution < -0.4 is 10.5 Å². The molecule has 1 unspecified atom stereocenters. The lowest BCUT2D eigenvalue weighted by Crippen LogP contribution is -2.06. The van der Waals surface area contributed by atoms with Crippen LogP contribution in [-0.4, -0.2) is 6.61 Å². The summed E-state index contributed by atoms with van der Waals surface area (Å²) in [7, 11) is 0. The maximum Gasteiger partial charge on any atom is 0.127 e. The van der Waals surface area contributed by atoms with Crippen LogP contribution >= 0.6 is 12.4 Å². The predicted molar refractivity (Wildman–Crippen MR) is 55.5 cm³/mol. The molecule has 1 aromatic carbocycles. The first-order valence-electron chi connectivity index (χ1n) is 4.29. The second-order valence-corrected chi connectivity index (χ2v) is 3.22. The third-order valence-corrected chi connectivity index (χ3v) is 2.24. The van der Waals surface area contributed by atoms with Gasteiger partial charge in [-0.25, -0.2) is 0 Å². The average molecular weight is 200 g/mol. The van der Waals surface area contributed by atoms with Crippen LogP contribution in [0.1, 0.15) is 24.1 Å². The highest BCUT2D eigenvalue weighted by Gasteiger charge is 2.17. The highest BCUT2D eigenvalue weighted by molar-refractivity contribution is 5.85. The molecule has 72 valence electrons. The Morgan fingerprint density at radius 3 is 2.92 bits per heavy atom. The lowest BCUT2D eigenvalue weighted by Gasteiger charge is -2.10. The molecule has 0 bridgehead atoms. The van der Waals surface area contributed by atoms with Crippen molar-refractivity contribution < 1.29 is 4.74 Å². The zero-order valence-electron chi connectivity index (χ0n) is 7.62. The fourth-order valence-electron chi connectivity index (χ4n) is 1.60. The first-order chi connectivity index (χ1) is 5.79. The highest BCUT2D eigenvalue weighted by Crippen LogP contribution is 2.32. The lowest BCUT2D eigenvalue weighted by molar-refractivity contribution is 0.352. The van der Waals surface area contributed by atoms with E-state index in [9.17, 15) is 0 Å². The van der Waals surface area contributed by atoms with Crippen LogP contribution in [0.5, 0.6) is 5.75 Å². The third kappa shape index (κ3) is 1.79. The molecule has 0 aliphatic carbocycles. The van der Waals surface area contributed by atoms with Gasteiger partial charge in [0.1, 0.15) is 5.75 Å². The van der Waals surface area contributed by atoms with Crippen LogP contribution in [0.3, 0.4) is 0 Å². The van der Waals surface area contributed by atoms with Crippen molar-refractivity contribution in [1.82, 2.24) is 0 Å². The summed E-state index contributed by atoms with van der Waals surface area (Å²) in [6.45, 7) is 2.79. The number of benzene rings is 1. The molecule has 0 aromatic heterocycles. The molecule has 1 aromatic rings. The Hall–Kier alpha value is -0.730. The van der Waals surface area contributed by atoms with E-state index in [1.807, 2.05) is 19.1 Å². The van der Waals surface area contributed by atoms with E-state index in [4.69, 9.17) is 10.5 Å². The van der Waals surface area contributed by atoms with Crippen LogP contribution in [-0.2, 0) is 6.42 Å². The Labute approximate surface area is 84.5 Å². The minimum Gasteiger partial charge on any atom is -0.493 e. The maximum absolute atomic E-state index is 5.81. The van der Waals surface area contributed by atoms with E-state index < -0.39 is 0 Å². The monoisotopic (exact) mass is 199 g/mol. The Morgan fingerprint density at radius 2 is 2.23 bits per heavy atom. The van der Waals surface area contributed by atoms with Gasteiger partial charge in [-0.15, -0.1) is 12.4 Å².